The van der Waals surface area contributed by atoms with E-state index in [1.54, 1.807) is 18.3 Å². The SMILES string of the molecule is C=C(/C=c1/[nH]c(-c2ccccn2)c/c1=C/C)Nc1cccc(C(C)(F)F)c1. The lowest BCUT2D eigenvalue weighted by Gasteiger charge is -2.13. The van der Waals surface area contributed by atoms with E-state index in [0.717, 1.165) is 28.9 Å². The van der Waals surface area contributed by atoms with Gasteiger partial charge in [-0.15, -0.1) is 0 Å². The zero-order valence-corrected chi connectivity index (χ0v) is 15.3. The van der Waals surface area contributed by atoms with Crippen LogP contribution in [0, 0.1) is 0 Å². The third-order valence-corrected chi connectivity index (χ3v) is 4.12. The van der Waals surface area contributed by atoms with Gasteiger partial charge in [-0.05, 0) is 48.6 Å². The van der Waals surface area contributed by atoms with E-state index in [4.69, 9.17) is 0 Å². The van der Waals surface area contributed by atoms with E-state index in [9.17, 15) is 8.78 Å². The fourth-order valence-electron chi connectivity index (χ4n) is 2.77. The molecular weight excluding hydrogens is 344 g/mol. The van der Waals surface area contributed by atoms with Gasteiger partial charge < -0.3 is 10.3 Å². The molecule has 2 heterocycles. The molecule has 2 N–H and O–H groups in total. The monoisotopic (exact) mass is 365 g/mol. The van der Waals surface area contributed by atoms with Gasteiger partial charge in [0, 0.05) is 35.4 Å². The van der Waals surface area contributed by atoms with Crippen molar-refractivity contribution >= 4 is 17.8 Å². The summed E-state index contributed by atoms with van der Waals surface area (Å²) in [6.07, 6.45) is 5.57. The minimum atomic E-state index is -2.88. The van der Waals surface area contributed by atoms with Crippen molar-refractivity contribution in [1.82, 2.24) is 9.97 Å². The minimum absolute atomic E-state index is 0.0415. The molecule has 2 aromatic heterocycles. The summed E-state index contributed by atoms with van der Waals surface area (Å²) < 4.78 is 27.0. The number of halogens is 2. The van der Waals surface area contributed by atoms with Crippen LogP contribution in [0.4, 0.5) is 14.5 Å². The number of hydrogen-bond acceptors (Lipinski definition) is 2. The van der Waals surface area contributed by atoms with Gasteiger partial charge in [0.15, 0.2) is 0 Å². The van der Waals surface area contributed by atoms with E-state index in [-0.39, 0.29) is 5.56 Å². The number of alkyl halides is 2. The first-order valence-corrected chi connectivity index (χ1v) is 8.59. The predicted molar refractivity (Wildman–Crippen MR) is 107 cm³/mol. The number of aromatic nitrogens is 2. The van der Waals surface area contributed by atoms with E-state index in [2.05, 4.69) is 21.9 Å². The van der Waals surface area contributed by atoms with Crippen molar-refractivity contribution in [3.05, 3.63) is 83.1 Å². The summed E-state index contributed by atoms with van der Waals surface area (Å²) in [4.78, 5) is 7.68. The normalized spacial score (nSPS) is 13.0. The summed E-state index contributed by atoms with van der Waals surface area (Å²) in [5, 5.41) is 4.95. The second-order valence-corrected chi connectivity index (χ2v) is 6.32. The summed E-state index contributed by atoms with van der Waals surface area (Å²) in [7, 11) is 0. The Morgan fingerprint density at radius 3 is 2.67 bits per heavy atom. The van der Waals surface area contributed by atoms with Crippen molar-refractivity contribution < 1.29 is 8.78 Å². The van der Waals surface area contributed by atoms with E-state index in [1.165, 1.54) is 12.1 Å². The Kier molecular flexibility index (Phi) is 5.21. The quantitative estimate of drug-likeness (QED) is 0.704. The first-order valence-electron chi connectivity index (χ1n) is 8.59. The van der Waals surface area contributed by atoms with E-state index >= 15 is 0 Å². The van der Waals surface area contributed by atoms with Gasteiger partial charge in [0.2, 0.25) is 0 Å². The Bertz CT molecular complexity index is 1060. The second kappa shape index (κ2) is 7.58. The van der Waals surface area contributed by atoms with Crippen molar-refractivity contribution in [2.24, 2.45) is 0 Å². The minimum Gasteiger partial charge on any atom is -0.356 e. The summed E-state index contributed by atoms with van der Waals surface area (Å²) in [5.74, 6) is -2.88. The number of rotatable bonds is 5. The van der Waals surface area contributed by atoms with Crippen LogP contribution in [0.15, 0.2) is 67.0 Å². The zero-order chi connectivity index (χ0) is 19.4. The standard InChI is InChI=1S/C22H21F2N3/c1-4-16-13-21(19-10-5-6-11-25-19)27-20(16)12-15(2)26-18-9-7-8-17(14-18)22(3,23)24/h4-14,26-27H,2H2,1,3H3/b16-4-,20-12+. The van der Waals surface area contributed by atoms with Gasteiger partial charge in [0.05, 0.1) is 11.4 Å². The summed E-state index contributed by atoms with van der Waals surface area (Å²) in [5.41, 5.74) is 2.85. The number of aromatic amines is 1. The molecule has 5 heteroatoms. The highest BCUT2D eigenvalue weighted by Gasteiger charge is 2.24. The van der Waals surface area contributed by atoms with Crippen LogP contribution >= 0.6 is 0 Å². The van der Waals surface area contributed by atoms with Crippen LogP contribution < -0.4 is 15.9 Å². The molecular formula is C22H21F2N3. The number of pyridine rings is 1. The average Bonchev–Trinajstić information content (AvgIpc) is 3.04. The topological polar surface area (TPSA) is 40.7 Å². The van der Waals surface area contributed by atoms with Gasteiger partial charge in [0.25, 0.3) is 5.92 Å². The molecule has 0 saturated heterocycles. The van der Waals surface area contributed by atoms with Crippen molar-refractivity contribution in [3.8, 4) is 11.4 Å². The van der Waals surface area contributed by atoms with Crippen molar-refractivity contribution in [3.63, 3.8) is 0 Å². The molecule has 1 aromatic carbocycles. The number of anilines is 1. The Balaban J connectivity index is 1.89. The Morgan fingerprint density at radius 2 is 2.00 bits per heavy atom. The summed E-state index contributed by atoms with van der Waals surface area (Å²) in [6, 6.07) is 13.9. The number of H-pyrrole nitrogens is 1. The fraction of sp³-hybridized carbons (Fsp3) is 0.136. The molecule has 3 rings (SSSR count). The number of allylic oxidation sites excluding steroid dienone is 1. The maximum atomic E-state index is 13.5. The number of benzene rings is 1. The van der Waals surface area contributed by atoms with Crippen LogP contribution in [0.5, 0.6) is 0 Å². The fourth-order valence-corrected chi connectivity index (χ4v) is 2.77. The largest absolute Gasteiger partial charge is 0.356 e. The molecule has 138 valence electrons. The van der Waals surface area contributed by atoms with Crippen LogP contribution in [-0.4, -0.2) is 9.97 Å². The first kappa shape index (κ1) is 18.6. The van der Waals surface area contributed by atoms with Gasteiger partial charge in [0.1, 0.15) is 0 Å². The Hall–Kier alpha value is -3.21. The molecule has 27 heavy (non-hydrogen) atoms. The zero-order valence-electron chi connectivity index (χ0n) is 15.3. The molecule has 0 atom stereocenters. The average molecular weight is 365 g/mol. The molecule has 0 bridgehead atoms. The molecule has 0 saturated carbocycles. The van der Waals surface area contributed by atoms with E-state index in [0.29, 0.717) is 11.4 Å². The van der Waals surface area contributed by atoms with E-state index < -0.39 is 5.92 Å². The Labute approximate surface area is 156 Å². The molecule has 0 aliphatic rings. The van der Waals surface area contributed by atoms with Gasteiger partial charge in [-0.1, -0.05) is 30.9 Å². The van der Waals surface area contributed by atoms with Gasteiger partial charge in [-0.25, -0.2) is 8.78 Å². The third kappa shape index (κ3) is 4.50. The molecule has 0 spiro atoms. The molecule has 0 aliphatic heterocycles. The van der Waals surface area contributed by atoms with Crippen LogP contribution in [0.1, 0.15) is 19.4 Å². The lowest BCUT2D eigenvalue weighted by molar-refractivity contribution is 0.0175. The first-order chi connectivity index (χ1) is 12.9. The van der Waals surface area contributed by atoms with Gasteiger partial charge >= 0.3 is 0 Å². The summed E-state index contributed by atoms with van der Waals surface area (Å²) in [6.45, 7) is 6.82. The van der Waals surface area contributed by atoms with Crippen molar-refractivity contribution in [2.75, 3.05) is 5.32 Å². The van der Waals surface area contributed by atoms with Gasteiger partial charge in [-0.3, -0.25) is 4.98 Å². The van der Waals surface area contributed by atoms with Crippen LogP contribution in [-0.2, 0) is 5.92 Å². The van der Waals surface area contributed by atoms with Crippen molar-refractivity contribution in [1.29, 1.82) is 0 Å². The van der Waals surface area contributed by atoms with Crippen LogP contribution in [0.2, 0.25) is 0 Å². The molecule has 0 aliphatic carbocycles. The highest BCUT2D eigenvalue weighted by atomic mass is 19.3. The number of nitrogens with one attached hydrogen (secondary N) is 2. The molecule has 3 aromatic rings. The highest BCUT2D eigenvalue weighted by molar-refractivity contribution is 5.61. The summed E-state index contributed by atoms with van der Waals surface area (Å²) >= 11 is 0. The molecule has 0 fully saturated rings. The van der Waals surface area contributed by atoms with Crippen molar-refractivity contribution in [2.45, 2.75) is 19.8 Å². The maximum Gasteiger partial charge on any atom is 0.270 e. The number of hydrogen-bond donors (Lipinski definition) is 2. The predicted octanol–water partition coefficient (Wildman–Crippen LogP) is 4.40. The molecule has 3 nitrogen and oxygen atoms in total. The molecule has 0 radical (unpaired) electrons. The number of nitrogens with zero attached hydrogens (tertiary/aromatic N) is 1. The molecule has 0 amide bonds. The molecule has 0 unspecified atom stereocenters. The maximum absolute atomic E-state index is 13.5. The van der Waals surface area contributed by atoms with Gasteiger partial charge in [-0.2, -0.15) is 0 Å². The van der Waals surface area contributed by atoms with Crippen LogP contribution in [0.25, 0.3) is 23.5 Å². The smallest absolute Gasteiger partial charge is 0.270 e. The third-order valence-electron chi connectivity index (χ3n) is 4.12. The van der Waals surface area contributed by atoms with Crippen LogP contribution in [0.3, 0.4) is 0 Å². The lowest BCUT2D eigenvalue weighted by Crippen LogP contribution is -2.22. The second-order valence-electron chi connectivity index (χ2n) is 6.32. The van der Waals surface area contributed by atoms with E-state index in [1.807, 2.05) is 43.3 Å². The Morgan fingerprint density at radius 1 is 1.19 bits per heavy atom. The lowest BCUT2D eigenvalue weighted by atomic mass is 10.1. The highest BCUT2D eigenvalue weighted by Crippen LogP contribution is 2.28.